The molecule has 0 unspecified atom stereocenters. The number of nitrogens with one attached hydrogen (secondary N) is 1. The zero-order chi connectivity index (χ0) is 5.11. The molecule has 7 heavy (non-hydrogen) atoms. The summed E-state index contributed by atoms with van der Waals surface area (Å²) in [4.78, 5) is 0. The largest absolute Gasteiger partial charge is 0.288 e. The molecule has 38 valence electrons. The lowest BCUT2D eigenvalue weighted by molar-refractivity contribution is -0.574. The zero-order valence-corrected chi connectivity index (χ0v) is 6.58. The molecule has 0 saturated heterocycles. The predicted molar refractivity (Wildman–Crippen MR) is 33.9 cm³/mol. The van der Waals surface area contributed by atoms with Gasteiger partial charge in [-0.1, -0.05) is 0 Å². The highest BCUT2D eigenvalue weighted by Crippen LogP contribution is 2.24. The summed E-state index contributed by atoms with van der Waals surface area (Å²) in [5, 5.41) is 0. The summed E-state index contributed by atoms with van der Waals surface area (Å²) in [6.45, 7) is 0. The molecular formula is CH5N3P3+. The Kier molecular flexibility index (Phi) is 2.28. The molecule has 0 aromatic heterocycles. The lowest BCUT2D eigenvalue weighted by Gasteiger charge is -1.94. The molecule has 1 heterocycles. The second-order valence-electron chi connectivity index (χ2n) is 1.05. The maximum atomic E-state index is 4.05. The van der Waals surface area contributed by atoms with Crippen molar-refractivity contribution >= 4 is 25.9 Å². The van der Waals surface area contributed by atoms with Crippen LogP contribution in [0.1, 0.15) is 0 Å². The van der Waals surface area contributed by atoms with Crippen molar-refractivity contribution in [3.8, 4) is 0 Å². The third-order valence-electron chi connectivity index (χ3n) is 0.479. The Labute approximate surface area is 47.3 Å². The van der Waals surface area contributed by atoms with E-state index in [2.05, 4.69) is 16.1 Å². The molecule has 0 bridgehead atoms. The van der Waals surface area contributed by atoms with Gasteiger partial charge in [-0.05, 0) is 0 Å². The summed E-state index contributed by atoms with van der Waals surface area (Å²) >= 11 is 0. The van der Waals surface area contributed by atoms with Crippen molar-refractivity contribution in [1.29, 1.82) is 0 Å². The summed E-state index contributed by atoms with van der Waals surface area (Å²) < 4.78 is 9.43. The monoisotopic (exact) mass is 152 g/mol. The molecule has 0 fully saturated rings. The van der Waals surface area contributed by atoms with Crippen LogP contribution in [-0.2, 0) is 0 Å². The van der Waals surface area contributed by atoms with E-state index in [1.165, 1.54) is 4.44 Å². The van der Waals surface area contributed by atoms with Gasteiger partial charge in [0.2, 0.25) is 0 Å². The molecule has 1 aliphatic heterocycles. The minimum atomic E-state index is 0.492. The number of quaternary nitrogens is 1. The van der Waals surface area contributed by atoms with E-state index >= 15 is 0 Å². The first-order valence-electron chi connectivity index (χ1n) is 1.79. The molecule has 0 amide bonds. The van der Waals surface area contributed by atoms with Crippen molar-refractivity contribution in [3.63, 3.8) is 0 Å². The van der Waals surface area contributed by atoms with E-state index in [-0.39, 0.29) is 0 Å². The van der Waals surface area contributed by atoms with E-state index in [1.54, 1.807) is 0 Å². The Morgan fingerprint density at radius 2 is 2.00 bits per heavy atom. The summed E-state index contributed by atoms with van der Waals surface area (Å²) in [6, 6.07) is 0. The molecule has 0 radical (unpaired) electrons. The molecule has 0 spiro atoms. The van der Waals surface area contributed by atoms with Gasteiger partial charge in [0.05, 0.1) is 7.05 Å². The molecule has 1 rings (SSSR count). The topological polar surface area (TPSA) is 29.2 Å². The van der Waals surface area contributed by atoms with Crippen LogP contribution in [0.2, 0.25) is 0 Å². The highest BCUT2D eigenvalue weighted by molar-refractivity contribution is 7.50. The number of hydrogen-bond donors (Lipinski definition) is 1. The average Bonchev–Trinajstić information content (AvgIpc) is 1.69. The first kappa shape index (κ1) is 5.72. The third kappa shape index (κ3) is 1.88. The summed E-state index contributed by atoms with van der Waals surface area (Å²) in [6.07, 6.45) is 0. The quantitative estimate of drug-likeness (QED) is 0.504. The molecule has 1 aliphatic rings. The van der Waals surface area contributed by atoms with Gasteiger partial charge in [-0.15, -0.1) is 0 Å². The van der Waals surface area contributed by atoms with E-state index in [4.69, 9.17) is 0 Å². The van der Waals surface area contributed by atoms with Crippen LogP contribution in [-0.4, -0.2) is 7.05 Å². The normalized spacial score (nSPS) is 36.4. The molecule has 1 N–H and O–H groups in total. The number of nitrogens with zero attached hydrogens (tertiary/aromatic N) is 2. The van der Waals surface area contributed by atoms with Gasteiger partial charge in [-0.3, -0.25) is 0 Å². The number of rotatable bonds is 0. The van der Waals surface area contributed by atoms with Crippen molar-refractivity contribution in [2.45, 2.75) is 0 Å². The van der Waals surface area contributed by atoms with Crippen LogP contribution in [0.3, 0.4) is 0 Å². The zero-order valence-electron chi connectivity index (χ0n) is 3.79. The first-order chi connectivity index (χ1) is 3.39. The maximum absolute atomic E-state index is 4.05. The first-order valence-corrected chi connectivity index (χ1v) is 4.38. The Morgan fingerprint density at radius 3 is 2.29 bits per heavy atom. The molecule has 0 atom stereocenters. The van der Waals surface area contributed by atoms with E-state index in [9.17, 15) is 0 Å². The predicted octanol–water partition coefficient (Wildman–Crippen LogP) is 1.11. The fraction of sp³-hybridized carbons (Fsp3) is 1.00. The lowest BCUT2D eigenvalue weighted by Crippen LogP contribution is -2.89. The second-order valence-corrected chi connectivity index (χ2v) is 4.94. The van der Waals surface area contributed by atoms with Crippen LogP contribution in [0.4, 0.5) is 0 Å². The molecule has 0 aromatic carbocycles. The summed E-state index contributed by atoms with van der Waals surface area (Å²) in [5.74, 6) is 0. The van der Waals surface area contributed by atoms with Gasteiger partial charge in [0.25, 0.3) is 17.0 Å². The van der Waals surface area contributed by atoms with Crippen LogP contribution in [0, 0.1) is 0 Å². The highest BCUT2D eigenvalue weighted by atomic mass is 31.2. The highest BCUT2D eigenvalue weighted by Gasteiger charge is 1.98. The maximum Gasteiger partial charge on any atom is 0.288 e. The van der Waals surface area contributed by atoms with Gasteiger partial charge in [-0.2, -0.15) is 9.03 Å². The van der Waals surface area contributed by atoms with Crippen molar-refractivity contribution in [2.24, 2.45) is 9.03 Å². The van der Waals surface area contributed by atoms with Crippen LogP contribution in [0.25, 0.3) is 0 Å². The second kappa shape index (κ2) is 2.79. The fourth-order valence-electron chi connectivity index (χ4n) is 0.229. The van der Waals surface area contributed by atoms with Crippen molar-refractivity contribution in [2.75, 3.05) is 7.05 Å². The molecule has 6 heteroatoms. The van der Waals surface area contributed by atoms with Gasteiger partial charge < -0.3 is 0 Å². The van der Waals surface area contributed by atoms with E-state index in [0.717, 1.165) is 17.0 Å². The fourth-order valence-corrected chi connectivity index (χ4v) is 3.23. The minimum absolute atomic E-state index is 0.492. The van der Waals surface area contributed by atoms with Crippen molar-refractivity contribution in [3.05, 3.63) is 0 Å². The standard InChI is InChI=1S/CH4N3P3/c1-4-6-2-5-3-7-4/h5H,1H3/p+1. The minimum Gasteiger partial charge on any atom is -0.213 e. The van der Waals surface area contributed by atoms with Gasteiger partial charge in [0.15, 0.2) is 0 Å². The van der Waals surface area contributed by atoms with Crippen molar-refractivity contribution < 1.29 is 4.44 Å². The third-order valence-corrected chi connectivity index (χ3v) is 3.11. The summed E-state index contributed by atoms with van der Waals surface area (Å²) in [5.41, 5.74) is 0. The molecule has 0 aliphatic carbocycles. The Hall–Kier alpha value is 0.590. The summed E-state index contributed by atoms with van der Waals surface area (Å²) in [7, 11) is 4.85. The molecule has 0 saturated carbocycles. The Balaban J connectivity index is 2.49. The smallest absolute Gasteiger partial charge is 0.213 e. The van der Waals surface area contributed by atoms with Gasteiger partial charge >= 0.3 is 0 Å². The van der Waals surface area contributed by atoms with Crippen LogP contribution >= 0.6 is 25.9 Å². The Bertz CT molecular complexity index is 96.7. The van der Waals surface area contributed by atoms with E-state index in [0.29, 0.717) is 8.88 Å². The molecular weight excluding hydrogens is 147 g/mol. The molecule has 0 aromatic rings. The van der Waals surface area contributed by atoms with Crippen molar-refractivity contribution in [1.82, 2.24) is 0 Å². The molecule has 3 nitrogen and oxygen atoms in total. The van der Waals surface area contributed by atoms with E-state index < -0.39 is 0 Å². The lowest BCUT2D eigenvalue weighted by atomic mass is 11.6. The van der Waals surface area contributed by atoms with Crippen LogP contribution in [0.15, 0.2) is 9.03 Å². The number of hydrogen-bond acceptors (Lipinski definition) is 2. The van der Waals surface area contributed by atoms with Crippen LogP contribution < -0.4 is 4.44 Å². The van der Waals surface area contributed by atoms with Gasteiger partial charge in [-0.25, -0.2) is 4.44 Å². The van der Waals surface area contributed by atoms with Crippen LogP contribution in [0.5, 0.6) is 0 Å². The van der Waals surface area contributed by atoms with Gasteiger partial charge in [0, 0.05) is 0 Å². The Morgan fingerprint density at radius 1 is 1.43 bits per heavy atom. The van der Waals surface area contributed by atoms with Gasteiger partial charge in [0.1, 0.15) is 8.88 Å². The average molecular weight is 152 g/mol. The van der Waals surface area contributed by atoms with E-state index in [1.807, 2.05) is 0 Å². The SMILES string of the molecule is C[NH+]1P=NPN=P1.